The van der Waals surface area contributed by atoms with Gasteiger partial charge in [0, 0.05) is 44.4 Å². The molecule has 0 radical (unpaired) electrons. The molecule has 7 nitrogen and oxygen atoms in total. The molecule has 0 bridgehead atoms. The number of hydrogen-bond acceptors (Lipinski definition) is 6. The summed E-state index contributed by atoms with van der Waals surface area (Å²) in [6, 6.07) is 12.6. The summed E-state index contributed by atoms with van der Waals surface area (Å²) in [7, 11) is 0. The Hall–Kier alpha value is -3.26. The van der Waals surface area contributed by atoms with Gasteiger partial charge in [-0.2, -0.15) is 0 Å². The molecule has 154 valence electrons. The first-order valence-electron chi connectivity index (χ1n) is 9.89. The van der Waals surface area contributed by atoms with Crippen LogP contribution in [0.25, 0.3) is 16.3 Å². The molecule has 1 aliphatic rings. The fraction of sp³-hybridized carbons (Fsp3) is 0.273. The average Bonchev–Trinajstić information content (AvgIpc) is 3.21. The quantitative estimate of drug-likeness (QED) is 0.351. The van der Waals surface area contributed by atoms with Gasteiger partial charge in [-0.25, -0.2) is 4.98 Å². The zero-order valence-corrected chi connectivity index (χ0v) is 17.5. The Balaban J connectivity index is 1.37. The largest absolute Gasteiger partial charge is 0.345 e. The highest BCUT2D eigenvalue weighted by Crippen LogP contribution is 2.30. The van der Waals surface area contributed by atoms with E-state index in [4.69, 9.17) is 4.98 Å². The molecule has 0 N–H and O–H groups in total. The van der Waals surface area contributed by atoms with Crippen molar-refractivity contribution in [2.75, 3.05) is 31.1 Å². The van der Waals surface area contributed by atoms with Gasteiger partial charge in [0.15, 0.2) is 5.13 Å². The lowest BCUT2D eigenvalue weighted by molar-refractivity contribution is -0.384. The van der Waals surface area contributed by atoms with E-state index >= 15 is 0 Å². The van der Waals surface area contributed by atoms with Crippen LogP contribution in [0.3, 0.4) is 0 Å². The Kier molecular flexibility index (Phi) is 5.76. The summed E-state index contributed by atoms with van der Waals surface area (Å²) in [6.45, 7) is 4.85. The number of carbonyl (C=O) groups is 1. The van der Waals surface area contributed by atoms with E-state index < -0.39 is 4.92 Å². The molecule has 2 heterocycles. The molecule has 1 saturated heterocycles. The van der Waals surface area contributed by atoms with E-state index in [-0.39, 0.29) is 11.6 Å². The molecule has 0 spiro atoms. The highest BCUT2D eigenvalue weighted by atomic mass is 32.1. The number of benzene rings is 2. The van der Waals surface area contributed by atoms with Crippen molar-refractivity contribution in [3.05, 3.63) is 69.8 Å². The summed E-state index contributed by atoms with van der Waals surface area (Å²) in [6.07, 6.45) is 4.12. The molecule has 0 unspecified atom stereocenters. The van der Waals surface area contributed by atoms with Crippen molar-refractivity contribution in [3.8, 4) is 0 Å². The summed E-state index contributed by atoms with van der Waals surface area (Å²) in [5.74, 6) is -0.0851. The van der Waals surface area contributed by atoms with Crippen molar-refractivity contribution in [3.63, 3.8) is 0 Å². The number of aryl methyl sites for hydroxylation is 1. The highest BCUT2D eigenvalue weighted by Gasteiger charge is 2.22. The van der Waals surface area contributed by atoms with Gasteiger partial charge in [0.2, 0.25) is 5.91 Å². The summed E-state index contributed by atoms with van der Waals surface area (Å²) in [5, 5.41) is 11.9. The van der Waals surface area contributed by atoms with Crippen LogP contribution < -0.4 is 4.90 Å². The van der Waals surface area contributed by atoms with Gasteiger partial charge in [0.1, 0.15) is 0 Å². The van der Waals surface area contributed by atoms with Crippen LogP contribution in [0.5, 0.6) is 0 Å². The first-order valence-corrected chi connectivity index (χ1v) is 10.7. The van der Waals surface area contributed by atoms with Crippen LogP contribution in [0.1, 0.15) is 18.1 Å². The first-order chi connectivity index (χ1) is 14.5. The third kappa shape index (κ3) is 4.33. The maximum absolute atomic E-state index is 12.5. The molecule has 0 saturated carbocycles. The fourth-order valence-corrected chi connectivity index (χ4v) is 4.53. The molecular weight excluding hydrogens is 400 g/mol. The van der Waals surface area contributed by atoms with Gasteiger partial charge in [-0.3, -0.25) is 14.9 Å². The Morgan fingerprint density at radius 3 is 2.73 bits per heavy atom. The molecule has 0 aliphatic carbocycles. The smallest absolute Gasteiger partial charge is 0.270 e. The third-order valence-electron chi connectivity index (χ3n) is 5.21. The van der Waals surface area contributed by atoms with Crippen molar-refractivity contribution in [1.29, 1.82) is 0 Å². The topological polar surface area (TPSA) is 79.6 Å². The van der Waals surface area contributed by atoms with Crippen LogP contribution in [0.15, 0.2) is 48.5 Å². The van der Waals surface area contributed by atoms with Crippen LogP contribution in [-0.2, 0) is 11.2 Å². The van der Waals surface area contributed by atoms with Gasteiger partial charge < -0.3 is 9.80 Å². The van der Waals surface area contributed by atoms with Gasteiger partial charge >= 0.3 is 0 Å². The summed E-state index contributed by atoms with van der Waals surface area (Å²) >= 11 is 1.70. The van der Waals surface area contributed by atoms with E-state index in [1.165, 1.54) is 28.5 Å². The average molecular weight is 423 g/mol. The molecule has 2 aromatic carbocycles. The molecule has 1 aromatic heterocycles. The number of nitro benzene ring substituents is 1. The van der Waals surface area contributed by atoms with E-state index in [1.807, 2.05) is 0 Å². The minimum absolute atomic E-state index is 0.0140. The normalized spacial score (nSPS) is 14.6. The molecule has 0 atom stereocenters. The van der Waals surface area contributed by atoms with Crippen molar-refractivity contribution in [1.82, 2.24) is 9.88 Å². The second-order valence-corrected chi connectivity index (χ2v) is 8.16. The molecule has 1 fully saturated rings. The van der Waals surface area contributed by atoms with E-state index in [2.05, 4.69) is 30.0 Å². The van der Waals surface area contributed by atoms with Gasteiger partial charge in [0.25, 0.3) is 5.69 Å². The lowest BCUT2D eigenvalue weighted by atomic mass is 10.2. The minimum Gasteiger partial charge on any atom is -0.345 e. The number of rotatable bonds is 5. The van der Waals surface area contributed by atoms with E-state index in [9.17, 15) is 14.9 Å². The summed E-state index contributed by atoms with van der Waals surface area (Å²) in [4.78, 5) is 31.7. The van der Waals surface area contributed by atoms with Gasteiger partial charge in [-0.15, -0.1) is 0 Å². The molecule has 4 rings (SSSR count). The summed E-state index contributed by atoms with van der Waals surface area (Å²) in [5.41, 5.74) is 2.98. The minimum atomic E-state index is -0.441. The number of piperazine rings is 1. The van der Waals surface area contributed by atoms with E-state index in [1.54, 1.807) is 34.4 Å². The van der Waals surface area contributed by atoms with Crippen LogP contribution in [0.2, 0.25) is 0 Å². The molecule has 1 aliphatic heterocycles. The maximum atomic E-state index is 12.5. The lowest BCUT2D eigenvalue weighted by Crippen LogP contribution is -2.48. The SMILES string of the molecule is CCc1ccc2nc(N3CCN(C(=O)/C=C/c4cccc([N+](=O)[O-])c4)CC3)sc2c1. The fourth-order valence-electron chi connectivity index (χ4n) is 3.45. The Morgan fingerprint density at radius 2 is 2.00 bits per heavy atom. The highest BCUT2D eigenvalue weighted by molar-refractivity contribution is 7.22. The Bertz CT molecular complexity index is 1120. The number of aromatic nitrogens is 1. The van der Waals surface area contributed by atoms with Crippen molar-refractivity contribution >= 4 is 44.4 Å². The Labute approximate surface area is 178 Å². The number of thiazole rings is 1. The molecule has 8 heteroatoms. The number of nitro groups is 1. The van der Waals surface area contributed by atoms with Gasteiger partial charge in [0.05, 0.1) is 15.1 Å². The van der Waals surface area contributed by atoms with Crippen LogP contribution in [-0.4, -0.2) is 46.9 Å². The van der Waals surface area contributed by atoms with Crippen molar-refractivity contribution in [2.24, 2.45) is 0 Å². The molecular formula is C22H22N4O3S. The number of amides is 1. The zero-order valence-electron chi connectivity index (χ0n) is 16.7. The molecule has 1 amide bonds. The van der Waals surface area contributed by atoms with Crippen LogP contribution in [0.4, 0.5) is 10.8 Å². The number of carbonyl (C=O) groups excluding carboxylic acids is 1. The number of hydrogen-bond donors (Lipinski definition) is 0. The second kappa shape index (κ2) is 8.62. The molecule has 3 aromatic rings. The number of nitrogens with zero attached hydrogens (tertiary/aromatic N) is 4. The van der Waals surface area contributed by atoms with Crippen molar-refractivity contribution < 1.29 is 9.72 Å². The summed E-state index contributed by atoms with van der Waals surface area (Å²) < 4.78 is 1.20. The predicted molar refractivity (Wildman–Crippen MR) is 120 cm³/mol. The number of anilines is 1. The van der Waals surface area contributed by atoms with E-state index in [0.717, 1.165) is 30.2 Å². The van der Waals surface area contributed by atoms with Crippen LogP contribution in [0, 0.1) is 10.1 Å². The van der Waals surface area contributed by atoms with Crippen molar-refractivity contribution in [2.45, 2.75) is 13.3 Å². The Morgan fingerprint density at radius 1 is 1.20 bits per heavy atom. The molecule has 30 heavy (non-hydrogen) atoms. The second-order valence-electron chi connectivity index (χ2n) is 7.15. The maximum Gasteiger partial charge on any atom is 0.270 e. The van der Waals surface area contributed by atoms with Gasteiger partial charge in [-0.1, -0.05) is 36.5 Å². The monoisotopic (exact) mass is 422 g/mol. The third-order valence-corrected chi connectivity index (χ3v) is 6.29. The van der Waals surface area contributed by atoms with E-state index in [0.29, 0.717) is 18.7 Å². The lowest BCUT2D eigenvalue weighted by Gasteiger charge is -2.34. The number of fused-ring (bicyclic) bond motifs is 1. The zero-order chi connectivity index (χ0) is 21.1. The van der Waals surface area contributed by atoms with Crippen LogP contribution >= 0.6 is 11.3 Å². The predicted octanol–water partition coefficient (Wildman–Crippen LogP) is 4.13. The number of non-ortho nitro benzene ring substituents is 1. The van der Waals surface area contributed by atoms with Gasteiger partial charge in [-0.05, 0) is 35.8 Å². The standard InChI is InChI=1S/C22H22N4O3S/c1-2-16-6-8-19-20(15-16)30-22(23-19)25-12-10-24(11-13-25)21(27)9-7-17-4-3-5-18(14-17)26(28)29/h3-9,14-15H,2,10-13H2,1H3/b9-7+. The first kappa shape index (κ1) is 20.0.